The third-order valence-corrected chi connectivity index (χ3v) is 3.47. The lowest BCUT2D eigenvalue weighted by Gasteiger charge is -2.34. The van der Waals surface area contributed by atoms with Crippen LogP contribution in [0.3, 0.4) is 0 Å². The molecule has 1 aromatic carbocycles. The van der Waals surface area contributed by atoms with Crippen LogP contribution < -0.4 is 4.90 Å². The van der Waals surface area contributed by atoms with Gasteiger partial charge >= 0.3 is 0 Å². The zero-order valence-electron chi connectivity index (χ0n) is 10.3. The minimum absolute atomic E-state index is 0.169. The molecule has 0 amide bonds. The number of anilines is 1. The highest BCUT2D eigenvalue weighted by Crippen LogP contribution is 2.25. The quantitative estimate of drug-likeness (QED) is 0.730. The van der Waals surface area contributed by atoms with Gasteiger partial charge in [0.25, 0.3) is 0 Å². The van der Waals surface area contributed by atoms with Crippen molar-refractivity contribution in [1.29, 1.82) is 0 Å². The summed E-state index contributed by atoms with van der Waals surface area (Å²) in [4.78, 5) is 2.30. The molecule has 0 radical (unpaired) electrons. The lowest BCUT2D eigenvalue weighted by Crippen LogP contribution is -2.38. The summed E-state index contributed by atoms with van der Waals surface area (Å²) in [5, 5.41) is 0.929. The molecule has 0 unspecified atom stereocenters. The summed E-state index contributed by atoms with van der Waals surface area (Å²) in [6.07, 6.45) is 0. The number of aryl methyl sites for hydroxylation is 1. The van der Waals surface area contributed by atoms with E-state index in [1.807, 2.05) is 0 Å². The van der Waals surface area contributed by atoms with Crippen LogP contribution in [0.25, 0.3) is 0 Å². The molecule has 0 atom stereocenters. The maximum absolute atomic E-state index is 3.50. The first-order valence-electron chi connectivity index (χ1n) is 5.25. The van der Waals surface area contributed by atoms with Gasteiger partial charge in [-0.05, 0) is 51.0 Å². The standard InChI is InChI=1S/C13H20BrN/c1-10-8-12(7-6-11(10)9-14)15(5)13(2,3)4/h6-8H,9H2,1-5H3. The SMILES string of the molecule is Cc1cc(N(C)C(C)(C)C)ccc1CBr. The summed E-state index contributed by atoms with van der Waals surface area (Å²) in [6, 6.07) is 6.64. The first-order chi connectivity index (χ1) is 6.86. The van der Waals surface area contributed by atoms with E-state index in [9.17, 15) is 0 Å². The van der Waals surface area contributed by atoms with Gasteiger partial charge in [-0.1, -0.05) is 22.0 Å². The van der Waals surface area contributed by atoms with Crippen molar-refractivity contribution in [3.8, 4) is 0 Å². The lowest BCUT2D eigenvalue weighted by atomic mass is 10.0. The van der Waals surface area contributed by atoms with Crippen LogP contribution in [0.15, 0.2) is 18.2 Å². The van der Waals surface area contributed by atoms with E-state index in [4.69, 9.17) is 0 Å². The van der Waals surface area contributed by atoms with E-state index in [0.717, 1.165) is 5.33 Å². The second-order valence-electron chi connectivity index (χ2n) is 4.97. The fourth-order valence-corrected chi connectivity index (χ4v) is 2.06. The molecule has 0 aromatic heterocycles. The van der Waals surface area contributed by atoms with E-state index in [0.29, 0.717) is 0 Å². The summed E-state index contributed by atoms with van der Waals surface area (Å²) in [6.45, 7) is 8.83. The number of rotatable bonds is 2. The Morgan fingerprint density at radius 3 is 2.27 bits per heavy atom. The Bertz CT molecular complexity index is 339. The molecule has 0 aliphatic rings. The Balaban J connectivity index is 3.02. The molecular weight excluding hydrogens is 250 g/mol. The fourth-order valence-electron chi connectivity index (χ4n) is 1.43. The molecule has 0 aliphatic carbocycles. The van der Waals surface area contributed by atoms with Crippen molar-refractivity contribution in [2.45, 2.75) is 38.6 Å². The van der Waals surface area contributed by atoms with Gasteiger partial charge in [0.2, 0.25) is 0 Å². The average Bonchev–Trinajstić information content (AvgIpc) is 2.15. The number of hydrogen-bond acceptors (Lipinski definition) is 1. The number of hydrogen-bond donors (Lipinski definition) is 0. The summed E-state index contributed by atoms with van der Waals surface area (Å²) < 4.78 is 0. The van der Waals surface area contributed by atoms with Crippen molar-refractivity contribution in [3.05, 3.63) is 29.3 Å². The number of benzene rings is 1. The molecule has 0 N–H and O–H groups in total. The maximum Gasteiger partial charge on any atom is 0.0370 e. The zero-order valence-corrected chi connectivity index (χ0v) is 11.9. The van der Waals surface area contributed by atoms with Crippen LogP contribution in [-0.4, -0.2) is 12.6 Å². The fraction of sp³-hybridized carbons (Fsp3) is 0.538. The van der Waals surface area contributed by atoms with Crippen LogP contribution >= 0.6 is 15.9 Å². The highest BCUT2D eigenvalue weighted by Gasteiger charge is 2.17. The van der Waals surface area contributed by atoms with Crippen molar-refractivity contribution in [2.24, 2.45) is 0 Å². The van der Waals surface area contributed by atoms with Crippen molar-refractivity contribution in [1.82, 2.24) is 0 Å². The molecule has 0 heterocycles. The van der Waals surface area contributed by atoms with E-state index in [-0.39, 0.29) is 5.54 Å². The molecule has 84 valence electrons. The van der Waals surface area contributed by atoms with E-state index < -0.39 is 0 Å². The van der Waals surface area contributed by atoms with Gasteiger partial charge in [0.05, 0.1) is 0 Å². The molecule has 0 spiro atoms. The van der Waals surface area contributed by atoms with Crippen LogP contribution in [-0.2, 0) is 5.33 Å². The highest BCUT2D eigenvalue weighted by atomic mass is 79.9. The molecule has 0 fully saturated rings. The molecule has 2 heteroatoms. The molecule has 0 bridgehead atoms. The van der Waals surface area contributed by atoms with Gasteiger partial charge in [-0.25, -0.2) is 0 Å². The largest absolute Gasteiger partial charge is 0.370 e. The van der Waals surface area contributed by atoms with E-state index in [2.05, 4.69) is 73.8 Å². The maximum atomic E-state index is 3.50. The van der Waals surface area contributed by atoms with E-state index in [1.165, 1.54) is 16.8 Å². The molecular formula is C13H20BrN. The predicted octanol–water partition coefficient (Wildman–Crippen LogP) is 4.12. The molecule has 1 rings (SSSR count). The summed E-state index contributed by atoms with van der Waals surface area (Å²) in [5.41, 5.74) is 4.16. The third-order valence-electron chi connectivity index (χ3n) is 2.86. The summed E-state index contributed by atoms with van der Waals surface area (Å²) in [5.74, 6) is 0. The first kappa shape index (κ1) is 12.6. The Morgan fingerprint density at radius 1 is 1.27 bits per heavy atom. The van der Waals surface area contributed by atoms with Gasteiger partial charge in [0, 0.05) is 23.6 Å². The van der Waals surface area contributed by atoms with Gasteiger partial charge < -0.3 is 4.90 Å². The topological polar surface area (TPSA) is 3.24 Å². The number of halogens is 1. The highest BCUT2D eigenvalue weighted by molar-refractivity contribution is 9.08. The normalized spacial score (nSPS) is 11.6. The second kappa shape index (κ2) is 4.56. The molecule has 1 nitrogen and oxygen atoms in total. The number of alkyl halides is 1. The summed E-state index contributed by atoms with van der Waals surface area (Å²) in [7, 11) is 2.14. The van der Waals surface area contributed by atoms with Crippen LogP contribution in [0.2, 0.25) is 0 Å². The first-order valence-corrected chi connectivity index (χ1v) is 6.37. The summed E-state index contributed by atoms with van der Waals surface area (Å²) >= 11 is 3.50. The second-order valence-corrected chi connectivity index (χ2v) is 5.53. The molecule has 1 aromatic rings. The van der Waals surface area contributed by atoms with Gasteiger partial charge in [-0.15, -0.1) is 0 Å². The molecule has 15 heavy (non-hydrogen) atoms. The van der Waals surface area contributed by atoms with Crippen molar-refractivity contribution >= 4 is 21.6 Å². The van der Waals surface area contributed by atoms with Crippen molar-refractivity contribution < 1.29 is 0 Å². The van der Waals surface area contributed by atoms with Crippen LogP contribution in [0.5, 0.6) is 0 Å². The van der Waals surface area contributed by atoms with Crippen molar-refractivity contribution in [3.63, 3.8) is 0 Å². The van der Waals surface area contributed by atoms with Gasteiger partial charge in [0.15, 0.2) is 0 Å². The van der Waals surface area contributed by atoms with E-state index in [1.54, 1.807) is 0 Å². The molecule has 0 saturated heterocycles. The third kappa shape index (κ3) is 2.97. The van der Waals surface area contributed by atoms with E-state index >= 15 is 0 Å². The van der Waals surface area contributed by atoms with Crippen molar-refractivity contribution in [2.75, 3.05) is 11.9 Å². The Kier molecular flexibility index (Phi) is 3.82. The Morgan fingerprint density at radius 2 is 1.87 bits per heavy atom. The smallest absolute Gasteiger partial charge is 0.0370 e. The van der Waals surface area contributed by atoms with Crippen LogP contribution in [0, 0.1) is 6.92 Å². The van der Waals surface area contributed by atoms with Gasteiger partial charge in [-0.3, -0.25) is 0 Å². The number of nitrogens with zero attached hydrogens (tertiary/aromatic N) is 1. The minimum atomic E-state index is 0.169. The predicted molar refractivity (Wildman–Crippen MR) is 72.0 cm³/mol. The minimum Gasteiger partial charge on any atom is -0.370 e. The van der Waals surface area contributed by atoms with Crippen LogP contribution in [0.4, 0.5) is 5.69 Å². The van der Waals surface area contributed by atoms with Gasteiger partial charge in [-0.2, -0.15) is 0 Å². The Labute approximate surface area is 102 Å². The molecule has 0 saturated carbocycles. The van der Waals surface area contributed by atoms with Crippen LogP contribution in [0.1, 0.15) is 31.9 Å². The van der Waals surface area contributed by atoms with Gasteiger partial charge in [0.1, 0.15) is 0 Å². The molecule has 0 aliphatic heterocycles. The lowest BCUT2D eigenvalue weighted by molar-refractivity contribution is 0.538. The average molecular weight is 270 g/mol. The Hall–Kier alpha value is -0.500. The monoisotopic (exact) mass is 269 g/mol. The zero-order chi connectivity index (χ0) is 11.6.